The lowest BCUT2D eigenvalue weighted by Crippen LogP contribution is -2.46. The fourth-order valence-electron chi connectivity index (χ4n) is 6.98. The van der Waals surface area contributed by atoms with Crippen molar-refractivity contribution in [3.63, 3.8) is 0 Å². The monoisotopic (exact) mass is 646 g/mol. The number of fused-ring (bicyclic) bond motifs is 1. The molecule has 1 radical (unpaired) electrons. The number of benzene rings is 2. The maximum atomic E-state index is 13.9. The lowest BCUT2D eigenvalue weighted by molar-refractivity contribution is -0.115. The van der Waals surface area contributed by atoms with E-state index in [1.165, 1.54) is 31.3 Å². The number of aromatic amines is 1. The van der Waals surface area contributed by atoms with Gasteiger partial charge in [0.25, 0.3) is 0 Å². The summed E-state index contributed by atoms with van der Waals surface area (Å²) in [6.07, 6.45) is 5.91. The van der Waals surface area contributed by atoms with Gasteiger partial charge in [0.1, 0.15) is 17.9 Å². The van der Waals surface area contributed by atoms with Crippen LogP contribution in [-0.4, -0.2) is 56.7 Å². The van der Waals surface area contributed by atoms with E-state index in [9.17, 15) is 13.6 Å². The van der Waals surface area contributed by atoms with E-state index in [-0.39, 0.29) is 22.9 Å². The number of carbonyl (C=O) groups excluding carboxylic acids is 1. The van der Waals surface area contributed by atoms with Crippen molar-refractivity contribution in [1.29, 1.82) is 0 Å². The van der Waals surface area contributed by atoms with E-state index in [2.05, 4.69) is 77.2 Å². The third-order valence-corrected chi connectivity index (χ3v) is 8.48. The van der Waals surface area contributed by atoms with Crippen molar-refractivity contribution in [2.75, 3.05) is 30.3 Å². The van der Waals surface area contributed by atoms with E-state index in [4.69, 9.17) is 4.74 Å². The molecule has 1 atom stereocenters. The van der Waals surface area contributed by atoms with Crippen LogP contribution in [0.2, 0.25) is 0 Å². The van der Waals surface area contributed by atoms with Gasteiger partial charge in [0.2, 0.25) is 5.91 Å². The average molecular weight is 647 g/mol. The molecule has 1 aliphatic rings. The van der Waals surface area contributed by atoms with Gasteiger partial charge >= 0.3 is 0 Å². The van der Waals surface area contributed by atoms with Crippen LogP contribution in [-0.2, 0) is 11.2 Å². The molecule has 0 bridgehead atoms. The molecule has 9 nitrogen and oxygen atoms in total. The molecule has 5 rings (SSSR count). The topological polar surface area (TPSA) is 108 Å². The van der Waals surface area contributed by atoms with Crippen LogP contribution in [0.25, 0.3) is 10.9 Å². The van der Waals surface area contributed by atoms with Crippen LogP contribution in [0.5, 0.6) is 5.75 Å². The summed E-state index contributed by atoms with van der Waals surface area (Å²) in [5.41, 5.74) is 1.34. The second-order valence-corrected chi connectivity index (χ2v) is 14.3. The van der Waals surface area contributed by atoms with Gasteiger partial charge in [-0.05, 0) is 73.9 Å². The van der Waals surface area contributed by atoms with Gasteiger partial charge in [-0.2, -0.15) is 5.10 Å². The Hall–Kier alpha value is -4.12. The van der Waals surface area contributed by atoms with E-state index in [1.54, 1.807) is 12.0 Å². The van der Waals surface area contributed by atoms with E-state index in [1.807, 2.05) is 18.2 Å². The Labute approximate surface area is 275 Å². The number of hydrogen-bond acceptors (Lipinski definition) is 7. The molecule has 2 aromatic heterocycles. The molecule has 1 amide bonds. The quantitative estimate of drug-likeness (QED) is 0.135. The molecule has 4 aromatic rings. The van der Waals surface area contributed by atoms with Gasteiger partial charge < -0.3 is 15.4 Å². The number of rotatable bonds is 12. The van der Waals surface area contributed by atoms with Crippen molar-refractivity contribution >= 4 is 34.1 Å². The number of hydrogen-bond donors (Lipinski definition) is 3. The third-order valence-electron chi connectivity index (χ3n) is 8.48. The first-order valence-electron chi connectivity index (χ1n) is 16.3. The standard InChI is InChI=1S/C36H46F2N7O2/c1-35(2,3)33(36(4,5)6)29-13-10-17-45(29)16-7-8-18-47-24-14-15-25-28(21-24)39-22-40-34(25)42-30-19-23(43-44-30)20-31(46)41-27-12-9-11-26(37)32(27)38/h9,11-12,14-15,19,21-22,29H,7-8,10,13,16-18,20H2,1-6H3,(H,41,46)(H2,39,40,42,43,44)/t29-/m0/s1. The Balaban J connectivity index is 1.12. The number of amides is 1. The second kappa shape index (κ2) is 14.3. The molecule has 0 saturated carbocycles. The predicted octanol–water partition coefficient (Wildman–Crippen LogP) is 7.85. The third kappa shape index (κ3) is 8.62. The molecule has 1 saturated heterocycles. The summed E-state index contributed by atoms with van der Waals surface area (Å²) >= 11 is 0. The number of carbonyl (C=O) groups is 1. The number of anilines is 3. The van der Waals surface area contributed by atoms with Crippen LogP contribution in [0, 0.1) is 28.4 Å². The van der Waals surface area contributed by atoms with Gasteiger partial charge in [0.05, 0.1) is 24.2 Å². The van der Waals surface area contributed by atoms with Crippen molar-refractivity contribution in [1.82, 2.24) is 25.1 Å². The van der Waals surface area contributed by atoms with Crippen molar-refractivity contribution < 1.29 is 18.3 Å². The van der Waals surface area contributed by atoms with Gasteiger partial charge in [0.15, 0.2) is 17.5 Å². The zero-order valence-electron chi connectivity index (χ0n) is 28.2. The Morgan fingerprint density at radius 2 is 1.83 bits per heavy atom. The van der Waals surface area contributed by atoms with Gasteiger partial charge in [-0.15, -0.1) is 0 Å². The molecule has 11 heteroatoms. The molecule has 47 heavy (non-hydrogen) atoms. The van der Waals surface area contributed by atoms with Gasteiger partial charge in [-0.25, -0.2) is 18.7 Å². The molecule has 3 N–H and O–H groups in total. The second-order valence-electron chi connectivity index (χ2n) is 14.3. The molecule has 1 aliphatic heterocycles. The number of halogens is 2. The predicted molar refractivity (Wildman–Crippen MR) is 182 cm³/mol. The normalized spacial score (nSPS) is 15.8. The van der Waals surface area contributed by atoms with Crippen molar-refractivity contribution in [3.05, 3.63) is 72.0 Å². The fraction of sp³-hybridized carbons (Fsp3) is 0.472. The number of unbranched alkanes of at least 4 members (excludes halogenated alkanes) is 1. The number of nitrogens with zero attached hydrogens (tertiary/aromatic N) is 4. The molecule has 0 spiro atoms. The first-order chi connectivity index (χ1) is 22.3. The Morgan fingerprint density at radius 1 is 1.04 bits per heavy atom. The lowest BCUT2D eigenvalue weighted by Gasteiger charge is -2.47. The van der Waals surface area contributed by atoms with Gasteiger partial charge in [-0.1, -0.05) is 47.6 Å². The van der Waals surface area contributed by atoms with Crippen LogP contribution >= 0.6 is 0 Å². The van der Waals surface area contributed by atoms with Crippen LogP contribution in [0.1, 0.15) is 72.9 Å². The summed E-state index contributed by atoms with van der Waals surface area (Å²) in [7, 11) is 0. The minimum Gasteiger partial charge on any atom is -0.494 e. The van der Waals surface area contributed by atoms with E-state index < -0.39 is 17.5 Å². The number of ether oxygens (including phenoxy) is 1. The number of H-pyrrole nitrogens is 1. The summed E-state index contributed by atoms with van der Waals surface area (Å²) in [6, 6.07) is 11.5. The van der Waals surface area contributed by atoms with Crippen LogP contribution < -0.4 is 15.4 Å². The highest BCUT2D eigenvalue weighted by atomic mass is 19.2. The minimum atomic E-state index is -1.10. The van der Waals surface area contributed by atoms with E-state index in [0.717, 1.165) is 48.6 Å². The Bertz CT molecular complexity index is 1660. The molecule has 2 aromatic carbocycles. The average Bonchev–Trinajstić information content (AvgIpc) is 3.63. The smallest absolute Gasteiger partial charge is 0.230 e. The summed E-state index contributed by atoms with van der Waals surface area (Å²) in [6.45, 7) is 17.0. The highest BCUT2D eigenvalue weighted by Crippen LogP contribution is 2.48. The number of aromatic nitrogens is 4. The van der Waals surface area contributed by atoms with Crippen molar-refractivity contribution in [2.24, 2.45) is 10.8 Å². The van der Waals surface area contributed by atoms with Crippen molar-refractivity contribution in [3.8, 4) is 5.75 Å². The minimum absolute atomic E-state index is 0.109. The summed E-state index contributed by atoms with van der Waals surface area (Å²) in [4.78, 5) is 23.9. The Kier molecular flexibility index (Phi) is 10.4. The summed E-state index contributed by atoms with van der Waals surface area (Å²) in [5, 5.41) is 13.3. The van der Waals surface area contributed by atoms with Gasteiger partial charge in [0, 0.05) is 35.2 Å². The maximum Gasteiger partial charge on any atom is 0.230 e. The van der Waals surface area contributed by atoms with Crippen LogP contribution in [0.4, 0.5) is 26.1 Å². The van der Waals surface area contributed by atoms with Crippen molar-refractivity contribution in [2.45, 2.75) is 79.7 Å². The fourth-order valence-corrected chi connectivity index (χ4v) is 6.98. The first-order valence-corrected chi connectivity index (χ1v) is 16.3. The number of nitrogens with one attached hydrogen (secondary N) is 3. The van der Waals surface area contributed by atoms with Gasteiger partial charge in [-0.3, -0.25) is 14.8 Å². The molecule has 251 valence electrons. The zero-order chi connectivity index (χ0) is 33.8. The molecule has 3 heterocycles. The largest absolute Gasteiger partial charge is 0.494 e. The SMILES string of the molecule is CC(C)(C)[C]([C@@H]1CCCN1CCCCOc1ccc2c(Nc3cc(CC(=O)Nc4cccc(F)c4F)[nH]n3)ncnc2c1)C(C)(C)C. The lowest BCUT2D eigenvalue weighted by atomic mass is 9.63. The highest BCUT2D eigenvalue weighted by molar-refractivity contribution is 5.93. The molecular weight excluding hydrogens is 600 g/mol. The zero-order valence-corrected chi connectivity index (χ0v) is 28.2. The van der Waals surface area contributed by atoms with E-state index in [0.29, 0.717) is 30.0 Å². The molecule has 0 unspecified atom stereocenters. The van der Waals surface area contributed by atoms with Crippen LogP contribution in [0.3, 0.4) is 0 Å². The molecule has 1 fully saturated rings. The van der Waals surface area contributed by atoms with E-state index >= 15 is 0 Å². The molecule has 0 aliphatic carbocycles. The number of likely N-dealkylation sites (tertiary alicyclic amines) is 1. The first kappa shape index (κ1) is 34.2. The Morgan fingerprint density at radius 3 is 2.60 bits per heavy atom. The van der Waals surface area contributed by atoms with Crippen LogP contribution in [0.15, 0.2) is 48.8 Å². The highest BCUT2D eigenvalue weighted by Gasteiger charge is 2.44. The summed E-state index contributed by atoms with van der Waals surface area (Å²) in [5.74, 6) is 0.749. The maximum absolute atomic E-state index is 13.9. The molecular formula is C36H46F2N7O2. The summed E-state index contributed by atoms with van der Waals surface area (Å²) < 4.78 is 33.5.